The molecule has 3 nitrogen and oxygen atoms in total. The van der Waals surface area contributed by atoms with Crippen LogP contribution in [-0.2, 0) is 6.42 Å². The number of alkyl halides is 5. The van der Waals surface area contributed by atoms with Gasteiger partial charge in [0.25, 0.3) is 5.92 Å². The first-order valence-electron chi connectivity index (χ1n) is 7.49. The third-order valence-electron chi connectivity index (χ3n) is 4.51. The average Bonchev–Trinajstić information content (AvgIpc) is 2.69. The quantitative estimate of drug-likeness (QED) is 0.616. The van der Waals surface area contributed by atoms with Gasteiger partial charge in [0.2, 0.25) is 0 Å². The molecular weight excluding hydrogens is 365 g/mol. The smallest absolute Gasteiger partial charge is 0.446 e. The number of thioether (sulfide) groups is 1. The van der Waals surface area contributed by atoms with Crippen LogP contribution < -0.4 is 4.74 Å². The molecule has 1 saturated carbocycles. The van der Waals surface area contributed by atoms with E-state index in [0.717, 1.165) is 6.07 Å². The Morgan fingerprint density at radius 2 is 1.96 bits per heavy atom. The molecule has 2 aliphatic carbocycles. The van der Waals surface area contributed by atoms with E-state index in [4.69, 9.17) is 10.00 Å². The number of aliphatic hydroxyl groups is 1. The first-order valence-corrected chi connectivity index (χ1v) is 8.31. The lowest BCUT2D eigenvalue weighted by atomic mass is 9.69. The molecule has 3 rings (SSSR count). The Hall–Kier alpha value is -1.53. The second kappa shape index (κ2) is 5.74. The number of hydrogen-bond acceptors (Lipinski definition) is 4. The number of benzene rings is 1. The fraction of sp³-hybridized carbons (Fsp3) is 0.562. The molecule has 1 aromatic carbocycles. The Bertz CT molecular complexity index is 737. The summed E-state index contributed by atoms with van der Waals surface area (Å²) in [4.78, 5) is -0.449. The summed E-state index contributed by atoms with van der Waals surface area (Å²) in [5.41, 5.74) is -5.72. The highest BCUT2D eigenvalue weighted by Crippen LogP contribution is 2.53. The minimum atomic E-state index is -4.66. The molecule has 0 amide bonds. The van der Waals surface area contributed by atoms with Crippen molar-refractivity contribution in [3.63, 3.8) is 0 Å². The Morgan fingerprint density at radius 3 is 2.52 bits per heavy atom. The van der Waals surface area contributed by atoms with Gasteiger partial charge in [0.05, 0.1) is 11.5 Å². The van der Waals surface area contributed by atoms with Crippen molar-refractivity contribution in [2.75, 3.05) is 0 Å². The van der Waals surface area contributed by atoms with E-state index in [2.05, 4.69) is 6.07 Å². The lowest BCUT2D eigenvalue weighted by Gasteiger charge is -2.39. The van der Waals surface area contributed by atoms with Crippen molar-refractivity contribution in [2.24, 2.45) is 5.41 Å². The molecule has 0 aliphatic heterocycles. The highest BCUT2D eigenvalue weighted by molar-refractivity contribution is 8.00. The maximum atomic E-state index is 13.9. The number of nitriles is 1. The van der Waals surface area contributed by atoms with Crippen LogP contribution in [0.5, 0.6) is 5.75 Å². The summed E-state index contributed by atoms with van der Waals surface area (Å²) in [5, 5.41) is 18.8. The normalized spacial score (nSPS) is 30.3. The molecule has 1 N–H and O–H groups in total. The summed E-state index contributed by atoms with van der Waals surface area (Å²) in [5.74, 6) is -3.51. The maximum absolute atomic E-state index is 13.9. The zero-order chi connectivity index (χ0) is 18.6. The van der Waals surface area contributed by atoms with Gasteiger partial charge < -0.3 is 9.84 Å². The van der Waals surface area contributed by atoms with Gasteiger partial charge in [-0.15, -0.1) is 0 Å². The summed E-state index contributed by atoms with van der Waals surface area (Å²) in [6.45, 7) is 1.75. The molecule has 136 valence electrons. The fourth-order valence-corrected chi connectivity index (χ4v) is 4.00. The van der Waals surface area contributed by atoms with Gasteiger partial charge >= 0.3 is 5.51 Å². The maximum Gasteiger partial charge on any atom is 0.446 e. The van der Waals surface area contributed by atoms with E-state index in [9.17, 15) is 27.1 Å². The van der Waals surface area contributed by atoms with Gasteiger partial charge in [0.1, 0.15) is 18.0 Å². The second-order valence-corrected chi connectivity index (χ2v) is 7.77. The van der Waals surface area contributed by atoms with Crippen molar-refractivity contribution in [1.82, 2.24) is 0 Å². The highest BCUT2D eigenvalue weighted by atomic mass is 32.2. The van der Waals surface area contributed by atoms with Gasteiger partial charge in [-0.1, -0.05) is 0 Å². The molecule has 1 fully saturated rings. The summed E-state index contributed by atoms with van der Waals surface area (Å²) in [6, 6.07) is 4.40. The monoisotopic (exact) mass is 379 g/mol. The van der Waals surface area contributed by atoms with E-state index in [0.29, 0.717) is 12.8 Å². The number of hydrogen-bond donors (Lipinski definition) is 1. The van der Waals surface area contributed by atoms with Gasteiger partial charge in [-0.25, -0.2) is 8.78 Å². The van der Waals surface area contributed by atoms with Gasteiger partial charge in [-0.3, -0.25) is 0 Å². The third kappa shape index (κ3) is 3.42. The largest absolute Gasteiger partial charge is 0.490 e. The van der Waals surface area contributed by atoms with Gasteiger partial charge in [-0.2, -0.15) is 18.4 Å². The van der Waals surface area contributed by atoms with Crippen molar-refractivity contribution in [3.8, 4) is 11.8 Å². The molecule has 0 heterocycles. The van der Waals surface area contributed by atoms with E-state index in [-0.39, 0.29) is 17.4 Å². The van der Waals surface area contributed by atoms with Crippen LogP contribution in [0.1, 0.15) is 37.0 Å². The highest BCUT2D eigenvalue weighted by Gasteiger charge is 2.51. The van der Waals surface area contributed by atoms with Crippen molar-refractivity contribution >= 4 is 11.8 Å². The number of halogens is 5. The first-order chi connectivity index (χ1) is 11.4. The van der Waals surface area contributed by atoms with Crippen LogP contribution in [0, 0.1) is 16.7 Å². The molecule has 0 radical (unpaired) electrons. The molecule has 2 aliphatic rings. The molecular formula is C16H14F5NO2S. The van der Waals surface area contributed by atoms with Gasteiger partial charge in [-0.05, 0) is 30.8 Å². The zero-order valence-electron chi connectivity index (χ0n) is 13.0. The van der Waals surface area contributed by atoms with Crippen LogP contribution in [-0.4, -0.2) is 22.6 Å². The molecule has 1 unspecified atom stereocenters. The Morgan fingerprint density at radius 1 is 1.32 bits per heavy atom. The number of aliphatic hydroxyl groups excluding tert-OH is 1. The second-order valence-electron chi connectivity index (χ2n) is 6.66. The molecule has 1 atom stereocenters. The minimum Gasteiger partial charge on any atom is -0.490 e. The summed E-state index contributed by atoms with van der Waals surface area (Å²) in [6.07, 6.45) is -2.72. The molecule has 1 aromatic rings. The number of rotatable bonds is 3. The summed E-state index contributed by atoms with van der Waals surface area (Å²) < 4.78 is 71.4. The Balaban J connectivity index is 1.91. The van der Waals surface area contributed by atoms with Crippen LogP contribution in [0.2, 0.25) is 0 Å². The van der Waals surface area contributed by atoms with E-state index < -0.39 is 51.6 Å². The molecule has 0 aromatic heterocycles. The predicted octanol–water partition coefficient (Wildman–Crippen LogP) is 4.59. The lowest BCUT2D eigenvalue weighted by molar-refractivity contribution is -0.0978. The van der Waals surface area contributed by atoms with E-state index in [1.54, 1.807) is 6.92 Å². The lowest BCUT2D eigenvalue weighted by Crippen LogP contribution is -2.41. The molecule has 0 saturated heterocycles. The molecule has 9 heteroatoms. The van der Waals surface area contributed by atoms with Crippen molar-refractivity contribution in [1.29, 1.82) is 5.26 Å². The van der Waals surface area contributed by atoms with Crippen LogP contribution in [0.15, 0.2) is 17.0 Å². The first kappa shape index (κ1) is 18.3. The summed E-state index contributed by atoms with van der Waals surface area (Å²) >= 11 is -0.531. The van der Waals surface area contributed by atoms with Crippen LogP contribution >= 0.6 is 11.8 Å². The minimum absolute atomic E-state index is 0.0442. The van der Waals surface area contributed by atoms with Crippen molar-refractivity contribution in [3.05, 3.63) is 23.3 Å². The number of fused-ring (bicyclic) bond motifs is 1. The molecule has 0 bridgehead atoms. The Kier molecular flexibility index (Phi) is 4.20. The predicted molar refractivity (Wildman–Crippen MR) is 79.3 cm³/mol. The van der Waals surface area contributed by atoms with Crippen molar-refractivity contribution < 1.29 is 31.8 Å². The number of ether oxygens (including phenoxy) is 1. The SMILES string of the molecule is CC1(C#N)CC(Oc2ccc(SC(F)(F)F)c3c2CC(F)(F)C3O)C1. The van der Waals surface area contributed by atoms with E-state index >= 15 is 0 Å². The van der Waals surface area contributed by atoms with Crippen molar-refractivity contribution in [2.45, 2.75) is 54.7 Å². The topological polar surface area (TPSA) is 53.2 Å². The van der Waals surface area contributed by atoms with Gasteiger partial charge in [0, 0.05) is 35.3 Å². The van der Waals surface area contributed by atoms with E-state index in [1.165, 1.54) is 6.07 Å². The van der Waals surface area contributed by atoms with Gasteiger partial charge in [0.15, 0.2) is 0 Å². The summed E-state index contributed by atoms with van der Waals surface area (Å²) in [7, 11) is 0. The third-order valence-corrected chi connectivity index (χ3v) is 5.31. The standard InChI is InChI=1S/C16H14F5NO2S/c1-14(7-22)4-8(5-14)24-10-2-3-11(25-16(19,20)21)12-9(10)6-15(17,18)13(12)23/h2-3,8,13,23H,4-6H2,1H3. The van der Waals surface area contributed by atoms with Crippen LogP contribution in [0.25, 0.3) is 0 Å². The zero-order valence-corrected chi connectivity index (χ0v) is 13.8. The molecule has 25 heavy (non-hydrogen) atoms. The molecule has 0 spiro atoms. The van der Waals surface area contributed by atoms with Crippen LogP contribution in [0.3, 0.4) is 0 Å². The van der Waals surface area contributed by atoms with E-state index in [1.807, 2.05) is 0 Å². The fourth-order valence-electron chi connectivity index (χ4n) is 3.27. The number of nitrogens with zero attached hydrogens (tertiary/aromatic N) is 1. The van der Waals surface area contributed by atoms with Crippen LogP contribution in [0.4, 0.5) is 22.0 Å². The average molecular weight is 379 g/mol. The Labute approximate surface area is 144 Å².